The average Bonchev–Trinajstić information content (AvgIpc) is 2.74. The molecule has 0 radical (unpaired) electrons. The van der Waals surface area contributed by atoms with Gasteiger partial charge in [0.2, 0.25) is 0 Å². The zero-order valence-corrected chi connectivity index (χ0v) is 17.9. The number of halogens is 1. The second kappa shape index (κ2) is 11.1. The first-order valence-corrected chi connectivity index (χ1v) is 11.1. The van der Waals surface area contributed by atoms with Crippen LogP contribution >= 0.6 is 22.6 Å². The SMILES string of the molecule is C=CC1CCN(CCOc2ncc(OC[C@H]3CN(CI)CCO3)cn2)CC1. The van der Waals surface area contributed by atoms with Gasteiger partial charge in [-0.25, -0.2) is 0 Å². The first kappa shape index (κ1) is 20.8. The molecule has 0 spiro atoms. The summed E-state index contributed by atoms with van der Waals surface area (Å²) in [6.07, 6.45) is 7.87. The Morgan fingerprint density at radius 1 is 1.19 bits per heavy atom. The fourth-order valence-electron chi connectivity index (χ4n) is 3.31. The van der Waals surface area contributed by atoms with Gasteiger partial charge in [0.15, 0.2) is 5.75 Å². The van der Waals surface area contributed by atoms with E-state index in [1.165, 1.54) is 12.8 Å². The standard InChI is InChI=1S/C19H29IN4O3/c1-2-16-3-5-23(6-4-16)7-10-26-19-21-11-17(12-22-19)27-14-18-13-24(15-20)8-9-25-18/h2,11-12,16,18H,1,3-10,13-15H2/t18-/m1/s1. The molecule has 7 nitrogen and oxygen atoms in total. The van der Waals surface area contributed by atoms with Gasteiger partial charge >= 0.3 is 6.01 Å². The van der Waals surface area contributed by atoms with Crippen LogP contribution in [0.5, 0.6) is 11.8 Å². The lowest BCUT2D eigenvalue weighted by molar-refractivity contribution is -0.0413. The van der Waals surface area contributed by atoms with Crippen LogP contribution in [0.3, 0.4) is 0 Å². The molecular formula is C19H29IN4O3. The third-order valence-corrected chi connectivity index (χ3v) is 6.00. The van der Waals surface area contributed by atoms with E-state index >= 15 is 0 Å². The van der Waals surface area contributed by atoms with Crippen LogP contribution in [0.4, 0.5) is 0 Å². The number of allylic oxidation sites excluding steroid dienone is 1. The fraction of sp³-hybridized carbons (Fsp3) is 0.684. The molecule has 0 N–H and O–H groups in total. The van der Waals surface area contributed by atoms with Gasteiger partial charge < -0.3 is 14.2 Å². The van der Waals surface area contributed by atoms with E-state index in [0.29, 0.717) is 30.9 Å². The largest absolute Gasteiger partial charge is 0.488 e. The van der Waals surface area contributed by atoms with E-state index in [1.807, 2.05) is 0 Å². The molecule has 3 rings (SSSR count). The Kier molecular flexibility index (Phi) is 8.56. The van der Waals surface area contributed by atoms with E-state index in [9.17, 15) is 0 Å². The minimum Gasteiger partial charge on any atom is -0.488 e. The number of aromatic nitrogens is 2. The van der Waals surface area contributed by atoms with Gasteiger partial charge in [0.1, 0.15) is 19.3 Å². The predicted molar refractivity (Wildman–Crippen MR) is 113 cm³/mol. The Hall–Kier alpha value is -0.970. The van der Waals surface area contributed by atoms with E-state index in [0.717, 1.165) is 43.9 Å². The van der Waals surface area contributed by atoms with Crippen LogP contribution in [0, 0.1) is 5.92 Å². The summed E-state index contributed by atoms with van der Waals surface area (Å²) in [6, 6.07) is 0.397. The van der Waals surface area contributed by atoms with Gasteiger partial charge in [0.05, 0.1) is 23.6 Å². The number of piperidine rings is 1. The van der Waals surface area contributed by atoms with Crippen molar-refractivity contribution in [1.82, 2.24) is 19.8 Å². The number of nitrogens with zero attached hydrogens (tertiary/aromatic N) is 4. The van der Waals surface area contributed by atoms with Gasteiger partial charge in [-0.3, -0.25) is 9.80 Å². The fourth-order valence-corrected chi connectivity index (χ4v) is 3.93. The first-order chi connectivity index (χ1) is 13.3. The number of likely N-dealkylation sites (tertiary alicyclic amines) is 1. The molecule has 0 aliphatic carbocycles. The Morgan fingerprint density at radius 2 is 1.96 bits per heavy atom. The van der Waals surface area contributed by atoms with Crippen LogP contribution in [-0.2, 0) is 4.74 Å². The van der Waals surface area contributed by atoms with Crippen molar-refractivity contribution in [3.05, 3.63) is 25.0 Å². The van der Waals surface area contributed by atoms with Crippen molar-refractivity contribution in [1.29, 1.82) is 0 Å². The normalized spacial score (nSPS) is 22.5. The van der Waals surface area contributed by atoms with Crippen LogP contribution in [0.25, 0.3) is 0 Å². The summed E-state index contributed by atoms with van der Waals surface area (Å²) in [7, 11) is 0. The van der Waals surface area contributed by atoms with Crippen molar-refractivity contribution in [3.63, 3.8) is 0 Å². The molecule has 2 aliphatic rings. The highest BCUT2D eigenvalue weighted by atomic mass is 127. The lowest BCUT2D eigenvalue weighted by Gasteiger charge is -2.31. The molecule has 27 heavy (non-hydrogen) atoms. The molecule has 0 amide bonds. The highest BCUT2D eigenvalue weighted by Gasteiger charge is 2.20. The third-order valence-electron chi connectivity index (χ3n) is 5.04. The van der Waals surface area contributed by atoms with Gasteiger partial charge in [-0.1, -0.05) is 28.7 Å². The molecule has 2 saturated heterocycles. The van der Waals surface area contributed by atoms with Gasteiger partial charge in [0.25, 0.3) is 0 Å². The van der Waals surface area contributed by atoms with E-state index in [4.69, 9.17) is 14.2 Å². The average molecular weight is 488 g/mol. The lowest BCUT2D eigenvalue weighted by Crippen LogP contribution is -2.44. The van der Waals surface area contributed by atoms with Crippen molar-refractivity contribution >= 4 is 22.6 Å². The van der Waals surface area contributed by atoms with Crippen molar-refractivity contribution in [2.45, 2.75) is 18.9 Å². The van der Waals surface area contributed by atoms with Crippen molar-refractivity contribution < 1.29 is 14.2 Å². The highest BCUT2D eigenvalue weighted by Crippen LogP contribution is 2.17. The molecule has 1 aromatic rings. The van der Waals surface area contributed by atoms with Gasteiger partial charge in [-0.05, 0) is 31.8 Å². The highest BCUT2D eigenvalue weighted by molar-refractivity contribution is 14.1. The van der Waals surface area contributed by atoms with Gasteiger partial charge in [-0.2, -0.15) is 9.97 Å². The van der Waals surface area contributed by atoms with Crippen LogP contribution in [0.15, 0.2) is 25.0 Å². The summed E-state index contributed by atoms with van der Waals surface area (Å²) in [5.41, 5.74) is 0. The second-order valence-corrected chi connectivity index (χ2v) is 7.65. The molecule has 150 valence electrons. The molecule has 0 unspecified atom stereocenters. The summed E-state index contributed by atoms with van der Waals surface area (Å²) < 4.78 is 18.2. The van der Waals surface area contributed by atoms with Crippen LogP contribution in [0.2, 0.25) is 0 Å². The van der Waals surface area contributed by atoms with E-state index in [2.05, 4.69) is 55.0 Å². The summed E-state index contributed by atoms with van der Waals surface area (Å²) in [4.78, 5) is 13.2. The second-order valence-electron chi connectivity index (χ2n) is 6.96. The van der Waals surface area contributed by atoms with Gasteiger partial charge in [0, 0.05) is 19.6 Å². The maximum absolute atomic E-state index is 5.76. The number of rotatable bonds is 9. The van der Waals surface area contributed by atoms with E-state index in [1.54, 1.807) is 12.4 Å². The van der Waals surface area contributed by atoms with Crippen molar-refractivity contribution in [2.24, 2.45) is 5.92 Å². The summed E-state index contributed by atoms with van der Waals surface area (Å²) in [5.74, 6) is 1.31. The number of morpholine rings is 1. The molecule has 3 heterocycles. The molecule has 0 bridgehead atoms. The van der Waals surface area contributed by atoms with E-state index in [-0.39, 0.29) is 6.10 Å². The maximum Gasteiger partial charge on any atom is 0.316 e. The maximum atomic E-state index is 5.76. The Morgan fingerprint density at radius 3 is 2.67 bits per heavy atom. The minimum absolute atomic E-state index is 0.0923. The lowest BCUT2D eigenvalue weighted by atomic mass is 9.97. The van der Waals surface area contributed by atoms with Crippen molar-refractivity contribution in [2.75, 3.05) is 57.1 Å². The Balaban J connectivity index is 1.33. The van der Waals surface area contributed by atoms with E-state index < -0.39 is 0 Å². The number of hydrogen-bond acceptors (Lipinski definition) is 7. The van der Waals surface area contributed by atoms with Crippen LogP contribution < -0.4 is 9.47 Å². The first-order valence-electron chi connectivity index (χ1n) is 9.59. The Bertz CT molecular complexity index is 567. The summed E-state index contributed by atoms with van der Waals surface area (Å²) in [6.45, 7) is 10.7. The summed E-state index contributed by atoms with van der Waals surface area (Å²) in [5, 5.41) is 0. The molecular weight excluding hydrogens is 459 g/mol. The van der Waals surface area contributed by atoms with Crippen LogP contribution in [-0.4, -0.2) is 83.0 Å². The zero-order chi connectivity index (χ0) is 18.9. The number of ether oxygens (including phenoxy) is 3. The topological polar surface area (TPSA) is 60.0 Å². The number of alkyl halides is 1. The van der Waals surface area contributed by atoms with Gasteiger partial charge in [-0.15, -0.1) is 6.58 Å². The zero-order valence-electron chi connectivity index (χ0n) is 15.8. The Labute approximate surface area is 175 Å². The van der Waals surface area contributed by atoms with Crippen LogP contribution in [0.1, 0.15) is 12.8 Å². The molecule has 2 fully saturated rings. The molecule has 1 aromatic heterocycles. The third kappa shape index (κ3) is 6.85. The quantitative estimate of drug-likeness (QED) is 0.229. The smallest absolute Gasteiger partial charge is 0.316 e. The molecule has 0 saturated carbocycles. The molecule has 0 aromatic carbocycles. The monoisotopic (exact) mass is 488 g/mol. The molecule has 1 atom stereocenters. The number of hydrogen-bond donors (Lipinski definition) is 0. The van der Waals surface area contributed by atoms with Crippen molar-refractivity contribution in [3.8, 4) is 11.8 Å². The molecule has 8 heteroatoms. The summed E-state index contributed by atoms with van der Waals surface area (Å²) >= 11 is 2.38. The molecule has 2 aliphatic heterocycles. The predicted octanol–water partition coefficient (Wildman–Crippen LogP) is 2.23. The minimum atomic E-state index is 0.0923.